The topological polar surface area (TPSA) is 83.5 Å². The molecule has 0 aliphatic rings. The number of thiophene rings is 1. The third-order valence-corrected chi connectivity index (χ3v) is 5.40. The second-order valence-electron chi connectivity index (χ2n) is 3.67. The summed E-state index contributed by atoms with van der Waals surface area (Å²) in [6, 6.07) is 3.30. The summed E-state index contributed by atoms with van der Waals surface area (Å²) in [5.41, 5.74) is 0. The van der Waals surface area contributed by atoms with Crippen LogP contribution in [0.1, 0.15) is 18.7 Å². The number of hydrogen-bond acceptors (Lipinski definition) is 4. The van der Waals surface area contributed by atoms with Crippen LogP contribution < -0.4 is 4.72 Å². The van der Waals surface area contributed by atoms with Crippen molar-refractivity contribution in [2.45, 2.75) is 24.5 Å². The summed E-state index contributed by atoms with van der Waals surface area (Å²) in [4.78, 5) is 11.6. The number of carbonyl (C=O) groups is 1. The first-order chi connectivity index (χ1) is 7.86. The van der Waals surface area contributed by atoms with Crippen LogP contribution in [0, 0.1) is 5.92 Å². The predicted octanol–water partition coefficient (Wildman–Crippen LogP) is 1.31. The zero-order valence-corrected chi connectivity index (χ0v) is 11.3. The lowest BCUT2D eigenvalue weighted by atomic mass is 10.2. The van der Waals surface area contributed by atoms with Crippen LogP contribution in [-0.2, 0) is 21.2 Å². The molecule has 17 heavy (non-hydrogen) atoms. The molecule has 0 fully saturated rings. The second kappa shape index (κ2) is 5.61. The maximum Gasteiger partial charge on any atom is 0.307 e. The fourth-order valence-corrected chi connectivity index (χ4v) is 3.56. The van der Waals surface area contributed by atoms with Crippen molar-refractivity contribution in [2.24, 2.45) is 5.92 Å². The van der Waals surface area contributed by atoms with E-state index < -0.39 is 21.9 Å². The van der Waals surface area contributed by atoms with Crippen molar-refractivity contribution in [2.75, 3.05) is 6.54 Å². The molecule has 0 saturated carbocycles. The molecule has 7 heteroatoms. The van der Waals surface area contributed by atoms with Crippen molar-refractivity contribution in [3.05, 3.63) is 17.0 Å². The van der Waals surface area contributed by atoms with Crippen molar-refractivity contribution in [3.63, 3.8) is 0 Å². The van der Waals surface area contributed by atoms with E-state index in [0.29, 0.717) is 0 Å². The van der Waals surface area contributed by atoms with Crippen molar-refractivity contribution in [1.82, 2.24) is 4.72 Å². The average Bonchev–Trinajstić information content (AvgIpc) is 2.75. The highest BCUT2D eigenvalue weighted by Gasteiger charge is 2.19. The Morgan fingerprint density at radius 2 is 2.18 bits per heavy atom. The Hall–Kier alpha value is -0.920. The summed E-state index contributed by atoms with van der Waals surface area (Å²) in [5.74, 6) is -1.76. The van der Waals surface area contributed by atoms with Gasteiger partial charge in [0.25, 0.3) is 0 Å². The molecule has 96 valence electrons. The van der Waals surface area contributed by atoms with Gasteiger partial charge >= 0.3 is 5.97 Å². The Balaban J connectivity index is 2.72. The van der Waals surface area contributed by atoms with Crippen molar-refractivity contribution < 1.29 is 18.3 Å². The fourth-order valence-electron chi connectivity index (χ4n) is 1.09. The molecule has 0 radical (unpaired) electrons. The molecule has 2 N–H and O–H groups in total. The van der Waals surface area contributed by atoms with E-state index in [1.165, 1.54) is 24.3 Å². The molecule has 1 aromatic heterocycles. The molecule has 1 unspecified atom stereocenters. The normalized spacial score (nSPS) is 13.5. The SMILES string of the molecule is CCc1ccc(S(=O)(=O)NCC(C)C(=O)O)s1. The predicted molar refractivity (Wildman–Crippen MR) is 65.7 cm³/mol. The molecule has 1 aromatic rings. The molecule has 0 spiro atoms. The molecule has 0 aliphatic carbocycles. The van der Waals surface area contributed by atoms with Gasteiger partial charge in [-0.25, -0.2) is 13.1 Å². The number of nitrogens with one attached hydrogen (secondary N) is 1. The molecule has 1 atom stereocenters. The van der Waals surface area contributed by atoms with Crippen LogP contribution in [0.15, 0.2) is 16.3 Å². The molecule has 1 rings (SSSR count). The number of aryl methyl sites for hydroxylation is 1. The van der Waals surface area contributed by atoms with E-state index in [1.54, 1.807) is 6.07 Å². The third kappa shape index (κ3) is 3.79. The minimum atomic E-state index is -3.57. The molecule has 0 amide bonds. The summed E-state index contributed by atoms with van der Waals surface area (Å²) in [6.07, 6.45) is 0.783. The van der Waals surface area contributed by atoms with Gasteiger partial charge < -0.3 is 5.11 Å². The second-order valence-corrected chi connectivity index (χ2v) is 6.83. The molecule has 0 bridgehead atoms. The van der Waals surface area contributed by atoms with E-state index >= 15 is 0 Å². The molecular formula is C10H15NO4S2. The molecule has 5 nitrogen and oxygen atoms in total. The Morgan fingerprint density at radius 1 is 1.53 bits per heavy atom. The van der Waals surface area contributed by atoms with E-state index in [2.05, 4.69) is 4.72 Å². The first kappa shape index (κ1) is 14.1. The number of sulfonamides is 1. The van der Waals surface area contributed by atoms with Gasteiger partial charge in [-0.05, 0) is 18.6 Å². The Labute approximate surface area is 105 Å². The number of carboxylic acids is 1. The van der Waals surface area contributed by atoms with Crippen molar-refractivity contribution in [1.29, 1.82) is 0 Å². The van der Waals surface area contributed by atoms with E-state index in [4.69, 9.17) is 5.11 Å². The molecule has 0 saturated heterocycles. The fraction of sp³-hybridized carbons (Fsp3) is 0.500. The van der Waals surface area contributed by atoms with Gasteiger partial charge in [-0.3, -0.25) is 4.79 Å². The first-order valence-electron chi connectivity index (χ1n) is 5.18. The third-order valence-electron chi connectivity index (χ3n) is 2.25. The van der Waals surface area contributed by atoms with E-state index in [-0.39, 0.29) is 10.8 Å². The van der Waals surface area contributed by atoms with Gasteiger partial charge in [-0.15, -0.1) is 11.3 Å². The lowest BCUT2D eigenvalue weighted by Gasteiger charge is -2.07. The lowest BCUT2D eigenvalue weighted by Crippen LogP contribution is -2.31. The summed E-state index contributed by atoms with van der Waals surface area (Å²) in [7, 11) is -3.57. The molecule has 1 heterocycles. The van der Waals surface area contributed by atoms with Gasteiger partial charge in [0, 0.05) is 11.4 Å². The summed E-state index contributed by atoms with van der Waals surface area (Å²) >= 11 is 1.20. The number of carboxylic acid groups (broad SMARTS) is 1. The first-order valence-corrected chi connectivity index (χ1v) is 7.48. The van der Waals surface area contributed by atoms with Gasteiger partial charge in [0.2, 0.25) is 10.0 Å². The van der Waals surface area contributed by atoms with Gasteiger partial charge in [0.15, 0.2) is 0 Å². The van der Waals surface area contributed by atoms with E-state index in [1.807, 2.05) is 6.92 Å². The zero-order chi connectivity index (χ0) is 13.1. The number of hydrogen-bond donors (Lipinski definition) is 2. The summed E-state index contributed by atoms with van der Waals surface area (Å²) in [5, 5.41) is 8.66. The van der Waals surface area contributed by atoms with Crippen LogP contribution in [0.3, 0.4) is 0 Å². The van der Waals surface area contributed by atoms with Crippen molar-refractivity contribution >= 4 is 27.3 Å². The highest BCUT2D eigenvalue weighted by molar-refractivity contribution is 7.91. The number of rotatable bonds is 6. The smallest absolute Gasteiger partial charge is 0.307 e. The quantitative estimate of drug-likeness (QED) is 0.821. The van der Waals surface area contributed by atoms with Gasteiger partial charge in [0.1, 0.15) is 4.21 Å². The number of aliphatic carboxylic acids is 1. The van der Waals surface area contributed by atoms with Crippen LogP contribution >= 0.6 is 11.3 Å². The maximum atomic E-state index is 11.8. The van der Waals surface area contributed by atoms with Gasteiger partial charge in [0.05, 0.1) is 5.92 Å². The average molecular weight is 277 g/mol. The van der Waals surface area contributed by atoms with Crippen LogP contribution in [0.2, 0.25) is 0 Å². The monoisotopic (exact) mass is 277 g/mol. The Kier molecular flexibility index (Phi) is 4.67. The Bertz CT molecular complexity index is 492. The van der Waals surface area contributed by atoms with Crippen LogP contribution in [0.4, 0.5) is 0 Å². The molecule has 0 aromatic carbocycles. The molecular weight excluding hydrogens is 262 g/mol. The van der Waals surface area contributed by atoms with Crippen LogP contribution in [0.25, 0.3) is 0 Å². The lowest BCUT2D eigenvalue weighted by molar-refractivity contribution is -0.140. The largest absolute Gasteiger partial charge is 0.481 e. The van der Waals surface area contributed by atoms with Gasteiger partial charge in [-0.1, -0.05) is 13.8 Å². The Morgan fingerprint density at radius 3 is 2.65 bits per heavy atom. The standard InChI is InChI=1S/C10H15NO4S2/c1-3-8-4-5-9(16-8)17(14,15)11-6-7(2)10(12)13/h4-5,7,11H,3,6H2,1-2H3,(H,12,13). The van der Waals surface area contributed by atoms with Gasteiger partial charge in [-0.2, -0.15) is 0 Å². The zero-order valence-electron chi connectivity index (χ0n) is 9.63. The highest BCUT2D eigenvalue weighted by Crippen LogP contribution is 2.21. The summed E-state index contributed by atoms with van der Waals surface area (Å²) in [6.45, 7) is 3.30. The highest BCUT2D eigenvalue weighted by atomic mass is 32.2. The minimum absolute atomic E-state index is 0.100. The van der Waals surface area contributed by atoms with Crippen LogP contribution in [0.5, 0.6) is 0 Å². The summed E-state index contributed by atoms with van der Waals surface area (Å²) < 4.78 is 26.1. The maximum absolute atomic E-state index is 11.8. The molecule has 0 aliphatic heterocycles. The van der Waals surface area contributed by atoms with E-state index in [9.17, 15) is 13.2 Å². The van der Waals surface area contributed by atoms with Crippen molar-refractivity contribution in [3.8, 4) is 0 Å². The van der Waals surface area contributed by atoms with E-state index in [0.717, 1.165) is 11.3 Å². The van der Waals surface area contributed by atoms with Crippen LogP contribution in [-0.4, -0.2) is 26.0 Å². The minimum Gasteiger partial charge on any atom is -0.481 e.